The van der Waals surface area contributed by atoms with Crippen molar-refractivity contribution in [1.29, 1.82) is 0 Å². The summed E-state index contributed by atoms with van der Waals surface area (Å²) in [6.07, 6.45) is 0.0112. The van der Waals surface area contributed by atoms with Crippen LogP contribution in [0.15, 0.2) is 47.5 Å². The Morgan fingerprint density at radius 3 is 2.65 bits per heavy atom. The highest BCUT2D eigenvalue weighted by molar-refractivity contribution is 8.15. The Balaban J connectivity index is 1.48. The van der Waals surface area contributed by atoms with Crippen molar-refractivity contribution in [1.82, 2.24) is 0 Å². The number of nitrogens with one attached hydrogen (secondary N) is 1. The van der Waals surface area contributed by atoms with Crippen LogP contribution in [0.5, 0.6) is 11.5 Å². The first kappa shape index (κ1) is 20.7. The number of carbonyl (C=O) groups is 3. The van der Waals surface area contributed by atoms with E-state index >= 15 is 0 Å². The Morgan fingerprint density at radius 2 is 1.94 bits per heavy atom. The molecule has 9 nitrogen and oxygen atoms in total. The summed E-state index contributed by atoms with van der Waals surface area (Å²) < 4.78 is 10.7. The zero-order chi connectivity index (χ0) is 22.0. The van der Waals surface area contributed by atoms with Gasteiger partial charge >= 0.3 is 0 Å². The van der Waals surface area contributed by atoms with Gasteiger partial charge in [0, 0.05) is 24.7 Å². The fourth-order valence-electron chi connectivity index (χ4n) is 3.20. The van der Waals surface area contributed by atoms with Crippen molar-refractivity contribution < 1.29 is 29.0 Å². The van der Waals surface area contributed by atoms with E-state index in [4.69, 9.17) is 9.47 Å². The molecule has 10 heteroatoms. The van der Waals surface area contributed by atoms with Crippen LogP contribution in [0.25, 0.3) is 0 Å². The van der Waals surface area contributed by atoms with Gasteiger partial charge in [-0.15, -0.1) is 0 Å². The lowest BCUT2D eigenvalue weighted by molar-refractivity contribution is -0.255. The molecule has 2 aliphatic heterocycles. The van der Waals surface area contributed by atoms with Gasteiger partial charge in [0.2, 0.25) is 18.6 Å². The third-order valence-electron chi connectivity index (χ3n) is 4.65. The van der Waals surface area contributed by atoms with Gasteiger partial charge in [-0.2, -0.15) is 0 Å². The average Bonchev–Trinajstić information content (AvgIpc) is 3.32. The summed E-state index contributed by atoms with van der Waals surface area (Å²) in [7, 11) is 0. The van der Waals surface area contributed by atoms with Gasteiger partial charge in [-0.1, -0.05) is 23.9 Å². The SMILES string of the molecule is CCN=C(Nc1ccc2c(c1)OCO2)S[C@H]1CC(=O)N(c2ccc(C(=O)[O-])cc2)C1=O. The number of imide groups is 1. The van der Waals surface area contributed by atoms with Gasteiger partial charge in [-0.25, -0.2) is 4.90 Å². The van der Waals surface area contributed by atoms with Crippen molar-refractivity contribution in [2.75, 3.05) is 23.6 Å². The highest BCUT2D eigenvalue weighted by Crippen LogP contribution is 2.35. The molecule has 1 fully saturated rings. The van der Waals surface area contributed by atoms with E-state index in [0.717, 1.165) is 10.6 Å². The Bertz CT molecular complexity index is 1070. The summed E-state index contributed by atoms with van der Waals surface area (Å²) in [5, 5.41) is 13.9. The van der Waals surface area contributed by atoms with Crippen LogP contribution in [0, 0.1) is 0 Å². The number of thioether (sulfide) groups is 1. The number of anilines is 2. The molecule has 0 radical (unpaired) electrons. The van der Waals surface area contributed by atoms with Crippen LogP contribution in [0.3, 0.4) is 0 Å². The minimum Gasteiger partial charge on any atom is -0.545 e. The predicted molar refractivity (Wildman–Crippen MR) is 113 cm³/mol. The maximum absolute atomic E-state index is 12.9. The largest absolute Gasteiger partial charge is 0.545 e. The third-order valence-corrected chi connectivity index (χ3v) is 5.75. The lowest BCUT2D eigenvalue weighted by atomic mass is 10.2. The number of nitrogens with zero attached hydrogens (tertiary/aromatic N) is 2. The first-order valence-electron chi connectivity index (χ1n) is 9.52. The quantitative estimate of drug-likeness (QED) is 0.423. The number of hydrogen-bond acceptors (Lipinski definition) is 8. The van der Waals surface area contributed by atoms with Gasteiger partial charge in [0.25, 0.3) is 0 Å². The molecule has 1 atom stereocenters. The Kier molecular flexibility index (Phi) is 5.81. The highest BCUT2D eigenvalue weighted by atomic mass is 32.2. The van der Waals surface area contributed by atoms with E-state index in [2.05, 4.69) is 10.3 Å². The summed E-state index contributed by atoms with van der Waals surface area (Å²) in [6.45, 7) is 2.53. The van der Waals surface area contributed by atoms with E-state index in [-0.39, 0.29) is 30.6 Å². The van der Waals surface area contributed by atoms with Gasteiger partial charge in [0.1, 0.15) is 5.25 Å². The number of ether oxygens (including phenoxy) is 2. The molecule has 1 N–H and O–H groups in total. The van der Waals surface area contributed by atoms with E-state index in [0.29, 0.717) is 28.9 Å². The predicted octanol–water partition coefficient (Wildman–Crippen LogP) is 1.63. The maximum Gasteiger partial charge on any atom is 0.247 e. The second kappa shape index (κ2) is 8.68. The van der Waals surface area contributed by atoms with E-state index < -0.39 is 11.2 Å². The van der Waals surface area contributed by atoms with Gasteiger partial charge in [-0.3, -0.25) is 14.6 Å². The number of aliphatic imine (C=N–C) groups is 1. The van der Waals surface area contributed by atoms with Gasteiger partial charge in [-0.05, 0) is 36.8 Å². The molecule has 2 heterocycles. The smallest absolute Gasteiger partial charge is 0.247 e. The number of carboxylic acid groups (broad SMARTS) is 1. The van der Waals surface area contributed by atoms with E-state index in [1.165, 1.54) is 36.0 Å². The average molecular weight is 440 g/mol. The van der Waals surface area contributed by atoms with Crippen molar-refractivity contribution in [2.24, 2.45) is 4.99 Å². The molecule has 0 aliphatic carbocycles. The van der Waals surface area contributed by atoms with Crippen LogP contribution in [0.1, 0.15) is 23.7 Å². The second-order valence-corrected chi connectivity index (χ2v) is 7.88. The molecule has 2 aromatic carbocycles. The van der Waals surface area contributed by atoms with Crippen molar-refractivity contribution in [3.8, 4) is 11.5 Å². The zero-order valence-electron chi connectivity index (χ0n) is 16.5. The fraction of sp³-hybridized carbons (Fsp3) is 0.238. The van der Waals surface area contributed by atoms with Crippen LogP contribution >= 0.6 is 11.8 Å². The monoisotopic (exact) mass is 440 g/mol. The van der Waals surface area contributed by atoms with E-state index in [9.17, 15) is 19.5 Å². The molecule has 0 saturated carbocycles. The molecule has 1 saturated heterocycles. The number of carbonyl (C=O) groups excluding carboxylic acids is 3. The summed E-state index contributed by atoms with van der Waals surface area (Å²) in [5.41, 5.74) is 1.01. The van der Waals surface area contributed by atoms with E-state index in [1.807, 2.05) is 13.0 Å². The van der Waals surface area contributed by atoms with Crippen LogP contribution in [0.4, 0.5) is 11.4 Å². The van der Waals surface area contributed by atoms with Gasteiger partial charge in [0.15, 0.2) is 16.7 Å². The summed E-state index contributed by atoms with van der Waals surface area (Å²) in [4.78, 5) is 41.8. The number of amidine groups is 1. The van der Waals surface area contributed by atoms with Crippen LogP contribution in [-0.2, 0) is 9.59 Å². The first-order valence-corrected chi connectivity index (χ1v) is 10.4. The lowest BCUT2D eigenvalue weighted by Gasteiger charge is -2.16. The number of fused-ring (bicyclic) bond motifs is 1. The van der Waals surface area contributed by atoms with Crippen LogP contribution in [-0.4, -0.2) is 41.5 Å². The Morgan fingerprint density at radius 1 is 1.19 bits per heavy atom. The van der Waals surface area contributed by atoms with Crippen LogP contribution in [0.2, 0.25) is 0 Å². The topological polar surface area (TPSA) is 120 Å². The molecule has 0 bridgehead atoms. The molecule has 2 amide bonds. The lowest BCUT2D eigenvalue weighted by Crippen LogP contribution is -2.32. The number of amides is 2. The minimum absolute atomic E-state index is 0.0112. The number of benzene rings is 2. The summed E-state index contributed by atoms with van der Waals surface area (Å²) in [6, 6.07) is 10.8. The van der Waals surface area contributed by atoms with E-state index in [1.54, 1.807) is 12.1 Å². The standard InChI is InChI=1S/C21H19N3O6S/c1-2-22-21(23-13-5-8-15-16(9-13)30-11-29-15)31-17-10-18(25)24(19(17)26)14-6-3-12(4-7-14)20(27)28/h3-9,17H,2,10-11H2,1H3,(H,22,23)(H,27,28)/p-1/t17-/m0/s1. The fourth-order valence-corrected chi connectivity index (χ4v) is 4.28. The molecule has 31 heavy (non-hydrogen) atoms. The zero-order valence-corrected chi connectivity index (χ0v) is 17.3. The van der Waals surface area contributed by atoms with Crippen molar-refractivity contribution >= 4 is 46.1 Å². The van der Waals surface area contributed by atoms with Crippen molar-refractivity contribution in [3.05, 3.63) is 48.0 Å². The van der Waals surface area contributed by atoms with Gasteiger partial charge in [0.05, 0.1) is 11.7 Å². The summed E-state index contributed by atoms with van der Waals surface area (Å²) >= 11 is 1.17. The molecule has 2 aromatic rings. The molecule has 0 aromatic heterocycles. The normalized spacial score (nSPS) is 17.9. The molecule has 4 rings (SSSR count). The number of carboxylic acids is 1. The minimum atomic E-state index is -1.32. The number of aromatic carboxylic acids is 1. The summed E-state index contributed by atoms with van der Waals surface area (Å²) in [5.74, 6) is -0.794. The maximum atomic E-state index is 12.9. The Hall–Kier alpha value is -3.53. The highest BCUT2D eigenvalue weighted by Gasteiger charge is 2.40. The first-order chi connectivity index (χ1) is 15.0. The molecular weight excluding hydrogens is 422 g/mol. The molecule has 2 aliphatic rings. The molecule has 160 valence electrons. The Labute approximate surface area is 182 Å². The number of rotatable bonds is 5. The van der Waals surface area contributed by atoms with Crippen molar-refractivity contribution in [2.45, 2.75) is 18.6 Å². The third kappa shape index (κ3) is 4.33. The van der Waals surface area contributed by atoms with Gasteiger partial charge < -0.3 is 24.7 Å². The second-order valence-electron chi connectivity index (χ2n) is 6.68. The molecule has 0 spiro atoms. The molecular formula is C21H18N3O6S-. The van der Waals surface area contributed by atoms with Crippen molar-refractivity contribution in [3.63, 3.8) is 0 Å². The number of hydrogen-bond donors (Lipinski definition) is 1. The van der Waals surface area contributed by atoms with Crippen LogP contribution < -0.4 is 24.8 Å². The molecule has 0 unspecified atom stereocenters.